The molecule has 118 valence electrons. The van der Waals surface area contributed by atoms with Crippen molar-refractivity contribution in [3.63, 3.8) is 0 Å². The predicted octanol–water partition coefficient (Wildman–Crippen LogP) is 2.20. The minimum atomic E-state index is -0.732. The van der Waals surface area contributed by atoms with Gasteiger partial charge in [0, 0.05) is 6.61 Å². The summed E-state index contributed by atoms with van der Waals surface area (Å²) in [5.74, 6) is 0. The third kappa shape index (κ3) is 4.51. The highest BCUT2D eigenvalue weighted by molar-refractivity contribution is 5.23. The topological polar surface area (TPSA) is 64.7 Å². The average Bonchev–Trinajstić information content (AvgIpc) is 2.47. The second-order valence-corrected chi connectivity index (χ2v) is 6.15. The average molecular weight is 293 g/mol. The van der Waals surface area contributed by atoms with Crippen LogP contribution in [0, 0.1) is 0 Å². The summed E-state index contributed by atoms with van der Waals surface area (Å²) >= 11 is 0. The standard InChI is InChI=1S/C17H27NO3/c1-13-10-16(11-14(2)21-13)20-9-8-17(18,12-19)15-6-4-3-5-7-15/h3-7,13-14,16,19H,8-12,18H2,1-2H3. The van der Waals surface area contributed by atoms with E-state index in [4.69, 9.17) is 15.2 Å². The molecule has 0 aliphatic carbocycles. The van der Waals surface area contributed by atoms with Gasteiger partial charge in [-0.1, -0.05) is 30.3 Å². The zero-order valence-corrected chi connectivity index (χ0v) is 13.0. The quantitative estimate of drug-likeness (QED) is 0.844. The molecule has 1 heterocycles. The van der Waals surface area contributed by atoms with Gasteiger partial charge in [0.05, 0.1) is 30.5 Å². The number of benzene rings is 1. The fourth-order valence-corrected chi connectivity index (χ4v) is 2.97. The Morgan fingerprint density at radius 2 is 1.86 bits per heavy atom. The van der Waals surface area contributed by atoms with Crippen molar-refractivity contribution in [2.24, 2.45) is 5.73 Å². The summed E-state index contributed by atoms with van der Waals surface area (Å²) < 4.78 is 11.7. The summed E-state index contributed by atoms with van der Waals surface area (Å²) in [4.78, 5) is 0. The second-order valence-electron chi connectivity index (χ2n) is 6.15. The minimum absolute atomic E-state index is 0.0824. The van der Waals surface area contributed by atoms with Gasteiger partial charge in [-0.05, 0) is 38.7 Å². The Balaban J connectivity index is 1.86. The molecule has 4 nitrogen and oxygen atoms in total. The molecule has 3 unspecified atom stereocenters. The van der Waals surface area contributed by atoms with Gasteiger partial charge >= 0.3 is 0 Å². The van der Waals surface area contributed by atoms with Crippen LogP contribution in [-0.2, 0) is 15.0 Å². The van der Waals surface area contributed by atoms with Gasteiger partial charge in [0.2, 0.25) is 0 Å². The monoisotopic (exact) mass is 293 g/mol. The Labute approximate surface area is 127 Å². The second kappa shape index (κ2) is 7.36. The molecule has 0 aromatic heterocycles. The molecular formula is C17H27NO3. The Bertz CT molecular complexity index is 415. The maximum Gasteiger partial charge on any atom is 0.0666 e. The highest BCUT2D eigenvalue weighted by Gasteiger charge is 2.28. The third-order valence-corrected chi connectivity index (χ3v) is 4.19. The van der Waals surface area contributed by atoms with Crippen LogP contribution in [0.1, 0.15) is 38.7 Å². The van der Waals surface area contributed by atoms with Crippen LogP contribution in [0.25, 0.3) is 0 Å². The van der Waals surface area contributed by atoms with Gasteiger partial charge in [0.15, 0.2) is 0 Å². The molecule has 0 spiro atoms. The van der Waals surface area contributed by atoms with Crippen molar-refractivity contribution in [1.82, 2.24) is 0 Å². The van der Waals surface area contributed by atoms with Crippen LogP contribution in [-0.4, -0.2) is 36.6 Å². The maximum absolute atomic E-state index is 9.66. The smallest absolute Gasteiger partial charge is 0.0666 e. The van der Waals surface area contributed by atoms with Crippen LogP contribution in [0.15, 0.2) is 30.3 Å². The van der Waals surface area contributed by atoms with E-state index in [1.807, 2.05) is 30.3 Å². The SMILES string of the molecule is CC1CC(OCCC(N)(CO)c2ccccc2)CC(C)O1. The molecular weight excluding hydrogens is 266 g/mol. The normalized spacial score (nSPS) is 29.0. The minimum Gasteiger partial charge on any atom is -0.394 e. The van der Waals surface area contributed by atoms with Crippen molar-refractivity contribution in [3.05, 3.63) is 35.9 Å². The lowest BCUT2D eigenvalue weighted by Crippen LogP contribution is -2.42. The van der Waals surface area contributed by atoms with Crippen molar-refractivity contribution >= 4 is 0 Å². The van der Waals surface area contributed by atoms with Crippen molar-refractivity contribution in [3.8, 4) is 0 Å². The van der Waals surface area contributed by atoms with Gasteiger partial charge in [0.25, 0.3) is 0 Å². The Morgan fingerprint density at radius 3 is 2.43 bits per heavy atom. The molecule has 1 saturated heterocycles. The van der Waals surface area contributed by atoms with Crippen molar-refractivity contribution in [2.45, 2.75) is 57.0 Å². The maximum atomic E-state index is 9.66. The third-order valence-electron chi connectivity index (χ3n) is 4.19. The number of rotatable bonds is 6. The summed E-state index contributed by atoms with van der Waals surface area (Å²) in [6.45, 7) is 4.63. The molecule has 1 aliphatic heterocycles. The van der Waals surface area contributed by atoms with E-state index in [9.17, 15) is 5.11 Å². The molecule has 1 aromatic carbocycles. The molecule has 3 N–H and O–H groups in total. The zero-order chi connectivity index (χ0) is 15.3. The van der Waals surface area contributed by atoms with Gasteiger partial charge < -0.3 is 20.3 Å². The van der Waals surface area contributed by atoms with Crippen LogP contribution >= 0.6 is 0 Å². The van der Waals surface area contributed by atoms with E-state index in [0.717, 1.165) is 18.4 Å². The lowest BCUT2D eigenvalue weighted by Gasteiger charge is -2.33. The van der Waals surface area contributed by atoms with Crippen LogP contribution in [0.3, 0.4) is 0 Å². The number of aliphatic hydroxyl groups excluding tert-OH is 1. The van der Waals surface area contributed by atoms with E-state index >= 15 is 0 Å². The van der Waals surface area contributed by atoms with E-state index < -0.39 is 5.54 Å². The molecule has 0 radical (unpaired) electrons. The summed E-state index contributed by atoms with van der Waals surface area (Å²) in [6, 6.07) is 9.73. The van der Waals surface area contributed by atoms with E-state index in [-0.39, 0.29) is 24.9 Å². The van der Waals surface area contributed by atoms with E-state index in [0.29, 0.717) is 13.0 Å². The van der Waals surface area contributed by atoms with Crippen molar-refractivity contribution in [2.75, 3.05) is 13.2 Å². The van der Waals surface area contributed by atoms with Crippen LogP contribution in [0.4, 0.5) is 0 Å². The van der Waals surface area contributed by atoms with Gasteiger partial charge in [-0.25, -0.2) is 0 Å². The number of hydrogen-bond donors (Lipinski definition) is 2. The molecule has 1 aromatic rings. The Hall–Kier alpha value is -0.940. The number of hydrogen-bond acceptors (Lipinski definition) is 4. The zero-order valence-electron chi connectivity index (χ0n) is 13.0. The number of ether oxygens (including phenoxy) is 2. The highest BCUT2D eigenvalue weighted by Crippen LogP contribution is 2.25. The molecule has 1 aliphatic rings. The lowest BCUT2D eigenvalue weighted by molar-refractivity contribution is -0.104. The largest absolute Gasteiger partial charge is 0.394 e. The molecule has 3 atom stereocenters. The van der Waals surface area contributed by atoms with E-state index in [1.54, 1.807) is 0 Å². The van der Waals surface area contributed by atoms with Crippen LogP contribution in [0.2, 0.25) is 0 Å². The molecule has 0 saturated carbocycles. The predicted molar refractivity (Wildman–Crippen MR) is 83.0 cm³/mol. The summed E-state index contributed by atoms with van der Waals surface area (Å²) in [7, 11) is 0. The number of aliphatic hydroxyl groups is 1. The molecule has 1 fully saturated rings. The first-order chi connectivity index (χ1) is 10.0. The molecule has 0 amide bonds. The summed E-state index contributed by atoms with van der Waals surface area (Å²) in [5, 5.41) is 9.66. The first-order valence-corrected chi connectivity index (χ1v) is 7.76. The molecule has 4 heteroatoms. The highest BCUT2D eigenvalue weighted by atomic mass is 16.5. The van der Waals surface area contributed by atoms with E-state index in [2.05, 4.69) is 13.8 Å². The molecule has 21 heavy (non-hydrogen) atoms. The molecule has 0 bridgehead atoms. The van der Waals surface area contributed by atoms with Gasteiger partial charge in [-0.3, -0.25) is 0 Å². The fourth-order valence-electron chi connectivity index (χ4n) is 2.97. The summed E-state index contributed by atoms with van der Waals surface area (Å²) in [6.07, 6.45) is 3.16. The Kier molecular flexibility index (Phi) is 5.76. The number of nitrogens with two attached hydrogens (primary N) is 1. The van der Waals surface area contributed by atoms with Gasteiger partial charge in [-0.15, -0.1) is 0 Å². The Morgan fingerprint density at radius 1 is 1.24 bits per heavy atom. The first-order valence-electron chi connectivity index (χ1n) is 7.76. The van der Waals surface area contributed by atoms with E-state index in [1.165, 1.54) is 0 Å². The molecule has 2 rings (SSSR count). The lowest BCUT2D eigenvalue weighted by atomic mass is 9.89. The van der Waals surface area contributed by atoms with Crippen molar-refractivity contribution < 1.29 is 14.6 Å². The summed E-state index contributed by atoms with van der Waals surface area (Å²) in [5.41, 5.74) is 6.55. The van der Waals surface area contributed by atoms with Gasteiger partial charge in [0.1, 0.15) is 0 Å². The van der Waals surface area contributed by atoms with Crippen molar-refractivity contribution in [1.29, 1.82) is 0 Å². The fraction of sp³-hybridized carbons (Fsp3) is 0.647. The van der Waals surface area contributed by atoms with Crippen LogP contribution < -0.4 is 5.73 Å². The van der Waals surface area contributed by atoms with Gasteiger partial charge in [-0.2, -0.15) is 0 Å². The van der Waals surface area contributed by atoms with Crippen LogP contribution in [0.5, 0.6) is 0 Å². The first kappa shape index (κ1) is 16.4.